The van der Waals surface area contributed by atoms with Crippen molar-refractivity contribution in [1.29, 1.82) is 0 Å². The highest BCUT2D eigenvalue weighted by Crippen LogP contribution is 2.17. The topological polar surface area (TPSA) is 101 Å². The summed E-state index contributed by atoms with van der Waals surface area (Å²) in [4.78, 5) is 22.6. The predicted molar refractivity (Wildman–Crippen MR) is 77.9 cm³/mol. The van der Waals surface area contributed by atoms with E-state index in [-0.39, 0.29) is 16.5 Å². The highest BCUT2D eigenvalue weighted by atomic mass is 32.2. The molecule has 0 aromatic heterocycles. The number of carboxylic acids is 1. The van der Waals surface area contributed by atoms with Gasteiger partial charge in [-0.05, 0) is 44.5 Å². The van der Waals surface area contributed by atoms with E-state index in [1.165, 1.54) is 31.2 Å². The second kappa shape index (κ2) is 6.71. The van der Waals surface area contributed by atoms with Gasteiger partial charge in [-0.15, -0.1) is 0 Å². The molecule has 1 aromatic carbocycles. The van der Waals surface area contributed by atoms with Crippen LogP contribution in [0.25, 0.3) is 0 Å². The van der Waals surface area contributed by atoms with Gasteiger partial charge in [0.25, 0.3) is 0 Å². The first kappa shape index (κ1) is 17.2. The molecule has 21 heavy (non-hydrogen) atoms. The molecule has 7 heteroatoms. The van der Waals surface area contributed by atoms with Gasteiger partial charge in [-0.2, -0.15) is 0 Å². The zero-order chi connectivity index (χ0) is 16.2. The number of sulfone groups is 1. The number of amides is 1. The van der Waals surface area contributed by atoms with Crippen LogP contribution in [-0.2, 0) is 14.6 Å². The average Bonchev–Trinajstić information content (AvgIpc) is 2.46. The number of aromatic carboxylic acids is 1. The first-order valence-corrected chi connectivity index (χ1v) is 8.12. The minimum atomic E-state index is -3.84. The van der Waals surface area contributed by atoms with E-state index in [2.05, 4.69) is 5.32 Å². The van der Waals surface area contributed by atoms with Gasteiger partial charge in [-0.1, -0.05) is 6.92 Å². The fraction of sp³-hybridized carbons (Fsp3) is 0.429. The molecule has 116 valence electrons. The highest BCUT2D eigenvalue weighted by molar-refractivity contribution is 7.92. The van der Waals surface area contributed by atoms with Crippen LogP contribution in [0.1, 0.15) is 37.6 Å². The lowest BCUT2D eigenvalue weighted by Gasteiger charge is -2.16. The number of carbonyl (C=O) groups is 2. The van der Waals surface area contributed by atoms with Crippen molar-refractivity contribution in [1.82, 2.24) is 5.32 Å². The number of hydrogen-bond donors (Lipinski definition) is 2. The minimum absolute atomic E-state index is 0.00865. The summed E-state index contributed by atoms with van der Waals surface area (Å²) in [7, 11) is -3.84. The highest BCUT2D eigenvalue weighted by Gasteiger charge is 2.30. The van der Waals surface area contributed by atoms with Gasteiger partial charge >= 0.3 is 5.97 Å². The van der Waals surface area contributed by atoms with E-state index in [0.29, 0.717) is 6.42 Å². The SMILES string of the molecule is CCC(C)NC(=O)C(C)S(=O)(=O)c1ccc(C(=O)O)cc1. The molecule has 1 aromatic rings. The minimum Gasteiger partial charge on any atom is -0.478 e. The maximum atomic E-state index is 12.3. The molecular weight excluding hydrogens is 294 g/mol. The Bertz CT molecular complexity index is 621. The molecule has 0 saturated heterocycles. The molecule has 2 atom stereocenters. The molecule has 0 fully saturated rings. The lowest BCUT2D eigenvalue weighted by atomic mass is 10.2. The zero-order valence-corrected chi connectivity index (χ0v) is 13.0. The monoisotopic (exact) mass is 313 g/mol. The molecular formula is C14H19NO5S. The lowest BCUT2D eigenvalue weighted by molar-refractivity contribution is -0.121. The fourth-order valence-electron chi connectivity index (χ4n) is 1.59. The Morgan fingerprint density at radius 1 is 1.19 bits per heavy atom. The van der Waals surface area contributed by atoms with Crippen LogP contribution in [0.2, 0.25) is 0 Å². The summed E-state index contributed by atoms with van der Waals surface area (Å²) in [5.74, 6) is -1.70. The number of rotatable bonds is 6. The van der Waals surface area contributed by atoms with Gasteiger partial charge in [0.1, 0.15) is 5.25 Å². The van der Waals surface area contributed by atoms with Crippen LogP contribution in [0.4, 0.5) is 0 Å². The van der Waals surface area contributed by atoms with Gasteiger partial charge in [0.05, 0.1) is 10.5 Å². The first-order chi connectivity index (χ1) is 9.70. The van der Waals surface area contributed by atoms with Crippen LogP contribution in [-0.4, -0.2) is 36.7 Å². The largest absolute Gasteiger partial charge is 0.478 e. The number of carbonyl (C=O) groups excluding carboxylic acids is 1. The maximum Gasteiger partial charge on any atom is 0.335 e. The van der Waals surface area contributed by atoms with Crippen molar-refractivity contribution in [3.63, 3.8) is 0 Å². The number of carboxylic acid groups (broad SMARTS) is 1. The van der Waals surface area contributed by atoms with Crippen LogP contribution in [0.5, 0.6) is 0 Å². The Morgan fingerprint density at radius 2 is 1.71 bits per heavy atom. The Kier molecular flexibility index (Phi) is 5.48. The molecule has 0 heterocycles. The molecule has 1 amide bonds. The van der Waals surface area contributed by atoms with Crippen molar-refractivity contribution in [3.05, 3.63) is 29.8 Å². The summed E-state index contributed by atoms with van der Waals surface area (Å²) in [6, 6.07) is 4.70. The first-order valence-electron chi connectivity index (χ1n) is 6.57. The Morgan fingerprint density at radius 3 is 2.14 bits per heavy atom. The van der Waals surface area contributed by atoms with E-state index < -0.39 is 27.0 Å². The Labute approximate surface area is 124 Å². The second-order valence-electron chi connectivity index (χ2n) is 4.83. The molecule has 0 bridgehead atoms. The van der Waals surface area contributed by atoms with Crippen molar-refractivity contribution < 1.29 is 23.1 Å². The van der Waals surface area contributed by atoms with Crippen LogP contribution >= 0.6 is 0 Å². The summed E-state index contributed by atoms with van der Waals surface area (Å²) < 4.78 is 24.6. The lowest BCUT2D eigenvalue weighted by Crippen LogP contribution is -2.42. The van der Waals surface area contributed by atoms with E-state index in [9.17, 15) is 18.0 Å². The van der Waals surface area contributed by atoms with Crippen LogP contribution < -0.4 is 5.32 Å². The number of hydrogen-bond acceptors (Lipinski definition) is 4. The molecule has 2 N–H and O–H groups in total. The quantitative estimate of drug-likeness (QED) is 0.828. The number of benzene rings is 1. The Balaban J connectivity index is 2.99. The average molecular weight is 313 g/mol. The van der Waals surface area contributed by atoms with E-state index in [1.807, 2.05) is 6.92 Å². The normalized spacial score (nSPS) is 14.2. The molecule has 0 aliphatic carbocycles. The standard InChI is InChI=1S/C14H19NO5S/c1-4-9(2)15-13(16)10(3)21(19,20)12-7-5-11(6-8-12)14(17)18/h5-10H,4H2,1-3H3,(H,15,16)(H,17,18). The maximum absolute atomic E-state index is 12.3. The molecule has 0 radical (unpaired) electrons. The fourth-order valence-corrected chi connectivity index (χ4v) is 2.87. The summed E-state index contributed by atoms with van der Waals surface area (Å²) in [6.07, 6.45) is 0.700. The molecule has 0 spiro atoms. The van der Waals surface area contributed by atoms with Crippen LogP contribution in [0.3, 0.4) is 0 Å². The molecule has 0 aliphatic rings. The Hall–Kier alpha value is -1.89. The third-order valence-corrected chi connectivity index (χ3v) is 5.34. The molecule has 0 saturated carbocycles. The number of nitrogens with one attached hydrogen (secondary N) is 1. The summed E-state index contributed by atoms with van der Waals surface area (Å²) in [5, 5.41) is 10.2. The summed E-state index contributed by atoms with van der Waals surface area (Å²) in [5.41, 5.74) is -0.00865. The van der Waals surface area contributed by atoms with E-state index in [0.717, 1.165) is 0 Å². The van der Waals surface area contributed by atoms with E-state index in [4.69, 9.17) is 5.11 Å². The molecule has 0 aliphatic heterocycles. The smallest absolute Gasteiger partial charge is 0.335 e. The second-order valence-corrected chi connectivity index (χ2v) is 7.10. The zero-order valence-electron chi connectivity index (χ0n) is 12.2. The van der Waals surface area contributed by atoms with Crippen molar-refractivity contribution in [3.8, 4) is 0 Å². The van der Waals surface area contributed by atoms with Crippen molar-refractivity contribution in [2.75, 3.05) is 0 Å². The molecule has 1 rings (SSSR count). The van der Waals surface area contributed by atoms with E-state index in [1.54, 1.807) is 6.92 Å². The third kappa shape index (κ3) is 4.04. The third-order valence-electron chi connectivity index (χ3n) is 3.27. The molecule has 6 nitrogen and oxygen atoms in total. The predicted octanol–water partition coefficient (Wildman–Crippen LogP) is 1.46. The molecule has 2 unspecified atom stereocenters. The van der Waals surface area contributed by atoms with Crippen molar-refractivity contribution in [2.45, 2.75) is 43.4 Å². The van der Waals surface area contributed by atoms with Crippen molar-refractivity contribution in [2.24, 2.45) is 0 Å². The van der Waals surface area contributed by atoms with Gasteiger partial charge in [0.15, 0.2) is 9.84 Å². The van der Waals surface area contributed by atoms with Gasteiger partial charge in [0, 0.05) is 6.04 Å². The van der Waals surface area contributed by atoms with Crippen molar-refractivity contribution >= 4 is 21.7 Å². The van der Waals surface area contributed by atoms with Crippen LogP contribution in [0, 0.1) is 0 Å². The summed E-state index contributed by atoms with van der Waals surface area (Å²) >= 11 is 0. The van der Waals surface area contributed by atoms with Gasteiger partial charge in [0.2, 0.25) is 5.91 Å². The van der Waals surface area contributed by atoms with Gasteiger partial charge < -0.3 is 10.4 Å². The van der Waals surface area contributed by atoms with Crippen LogP contribution in [0.15, 0.2) is 29.2 Å². The van der Waals surface area contributed by atoms with Gasteiger partial charge in [-0.25, -0.2) is 13.2 Å². The summed E-state index contributed by atoms with van der Waals surface area (Å²) in [6.45, 7) is 4.99. The van der Waals surface area contributed by atoms with Gasteiger partial charge in [-0.3, -0.25) is 4.79 Å². The van der Waals surface area contributed by atoms with E-state index >= 15 is 0 Å².